The van der Waals surface area contributed by atoms with Crippen LogP contribution in [0.1, 0.15) is 31.4 Å². The molecule has 2 aromatic rings. The first kappa shape index (κ1) is 25.8. The highest BCUT2D eigenvalue weighted by Crippen LogP contribution is 2.16. The van der Waals surface area contributed by atoms with Gasteiger partial charge in [-0.25, -0.2) is 13.2 Å². The molecule has 2 aromatic carbocycles. The molecule has 0 radical (unpaired) electrons. The number of aryl methyl sites for hydroxylation is 1. The van der Waals surface area contributed by atoms with Crippen LogP contribution in [0.4, 0.5) is 4.79 Å². The molecule has 0 aromatic heterocycles. The summed E-state index contributed by atoms with van der Waals surface area (Å²) in [6, 6.07) is 16.7. The predicted molar refractivity (Wildman–Crippen MR) is 127 cm³/mol. The lowest BCUT2D eigenvalue weighted by molar-refractivity contribution is 0.148. The van der Waals surface area contributed by atoms with Crippen molar-refractivity contribution in [2.24, 2.45) is 0 Å². The lowest BCUT2D eigenvalue weighted by atomic mass is 10.1. The number of nitrogens with zero attached hydrogens (tertiary/aromatic N) is 2. The van der Waals surface area contributed by atoms with E-state index in [1.165, 1.54) is 9.87 Å². The molecule has 2 amide bonds. The van der Waals surface area contributed by atoms with Crippen molar-refractivity contribution in [2.45, 2.75) is 38.1 Å². The Labute approximate surface area is 192 Å². The summed E-state index contributed by atoms with van der Waals surface area (Å²) >= 11 is 0. The van der Waals surface area contributed by atoms with Crippen LogP contribution in [0.15, 0.2) is 59.5 Å². The summed E-state index contributed by atoms with van der Waals surface area (Å²) in [4.78, 5) is 14.7. The minimum atomic E-state index is -3.48. The van der Waals surface area contributed by atoms with Crippen molar-refractivity contribution >= 4 is 16.1 Å². The summed E-state index contributed by atoms with van der Waals surface area (Å²) in [5.74, 6) is 0. The summed E-state index contributed by atoms with van der Waals surface area (Å²) < 4.78 is 31.8. The number of hydrogen-bond acceptors (Lipinski definition) is 4. The zero-order chi connectivity index (χ0) is 23.4. The van der Waals surface area contributed by atoms with Crippen LogP contribution < -0.4 is 5.32 Å². The molecule has 1 N–H and O–H groups in total. The van der Waals surface area contributed by atoms with E-state index in [4.69, 9.17) is 4.74 Å². The predicted octanol–water partition coefficient (Wildman–Crippen LogP) is 3.51. The fraction of sp³-hybridized carbons (Fsp3) is 0.458. The number of amides is 2. The van der Waals surface area contributed by atoms with Gasteiger partial charge >= 0.3 is 6.03 Å². The summed E-state index contributed by atoms with van der Waals surface area (Å²) in [5, 5.41) is 2.93. The Morgan fingerprint density at radius 2 is 1.59 bits per heavy atom. The molecule has 0 fully saturated rings. The van der Waals surface area contributed by atoms with Crippen LogP contribution in [-0.2, 0) is 27.7 Å². The molecular formula is C24H35N3O4S. The maximum absolute atomic E-state index is 12.7. The molecule has 0 spiro atoms. The molecule has 0 saturated heterocycles. The van der Waals surface area contributed by atoms with Gasteiger partial charge in [-0.1, -0.05) is 56.3 Å². The first-order chi connectivity index (χ1) is 15.4. The highest BCUT2D eigenvalue weighted by Gasteiger charge is 2.21. The maximum Gasteiger partial charge on any atom is 0.317 e. The molecule has 0 aliphatic rings. The van der Waals surface area contributed by atoms with Crippen LogP contribution >= 0.6 is 0 Å². The van der Waals surface area contributed by atoms with Crippen molar-refractivity contribution in [1.29, 1.82) is 0 Å². The number of carbonyl (C=O) groups is 1. The molecule has 2 rings (SSSR count). The van der Waals surface area contributed by atoms with Crippen molar-refractivity contribution in [3.63, 3.8) is 0 Å². The van der Waals surface area contributed by atoms with Gasteiger partial charge in [-0.15, -0.1) is 0 Å². The third-order valence-corrected chi connectivity index (χ3v) is 7.36. The third-order valence-electron chi connectivity index (χ3n) is 5.30. The van der Waals surface area contributed by atoms with Gasteiger partial charge < -0.3 is 15.0 Å². The van der Waals surface area contributed by atoms with Gasteiger partial charge in [-0.3, -0.25) is 0 Å². The molecule has 7 nitrogen and oxygen atoms in total. The molecule has 0 heterocycles. The normalized spacial score (nSPS) is 11.5. The monoisotopic (exact) mass is 461 g/mol. The van der Waals surface area contributed by atoms with Gasteiger partial charge in [-0.05, 0) is 36.1 Å². The Morgan fingerprint density at radius 1 is 0.938 bits per heavy atom. The van der Waals surface area contributed by atoms with E-state index < -0.39 is 10.0 Å². The van der Waals surface area contributed by atoms with Crippen LogP contribution in [0.3, 0.4) is 0 Å². The summed E-state index contributed by atoms with van der Waals surface area (Å²) in [7, 11) is -1.86. The number of methoxy groups -OCH3 is 1. The number of nitrogens with one attached hydrogen (secondary N) is 1. The smallest absolute Gasteiger partial charge is 0.317 e. The van der Waals surface area contributed by atoms with E-state index in [1.54, 1.807) is 36.3 Å². The van der Waals surface area contributed by atoms with E-state index in [0.29, 0.717) is 39.3 Å². The SMILES string of the molecule is CCN(CC)S(=O)(=O)c1ccc(CNC(=O)N(CCCc2ccccc2)CCOC)cc1. The van der Waals surface area contributed by atoms with Crippen LogP contribution in [-0.4, -0.2) is 63.5 Å². The van der Waals surface area contributed by atoms with Crippen LogP contribution in [0, 0.1) is 0 Å². The molecule has 0 bridgehead atoms. The Bertz CT molecular complexity index is 914. The van der Waals surface area contributed by atoms with Gasteiger partial charge in [0.05, 0.1) is 11.5 Å². The first-order valence-electron chi connectivity index (χ1n) is 11.1. The van der Waals surface area contributed by atoms with E-state index in [-0.39, 0.29) is 10.9 Å². The van der Waals surface area contributed by atoms with Gasteiger partial charge in [0.25, 0.3) is 0 Å². The van der Waals surface area contributed by atoms with Gasteiger partial charge in [0.2, 0.25) is 10.0 Å². The Kier molecular flexibility index (Phi) is 10.7. The average Bonchev–Trinajstić information content (AvgIpc) is 2.81. The minimum absolute atomic E-state index is 0.157. The van der Waals surface area contributed by atoms with E-state index in [9.17, 15) is 13.2 Å². The fourth-order valence-electron chi connectivity index (χ4n) is 3.42. The van der Waals surface area contributed by atoms with Crippen LogP contribution in [0.2, 0.25) is 0 Å². The van der Waals surface area contributed by atoms with Crippen molar-refractivity contribution in [1.82, 2.24) is 14.5 Å². The second kappa shape index (κ2) is 13.2. The van der Waals surface area contributed by atoms with Gasteiger partial charge in [0.1, 0.15) is 0 Å². The number of rotatable bonds is 13. The summed E-state index contributed by atoms with van der Waals surface area (Å²) in [6.45, 7) is 6.43. The Hall–Kier alpha value is -2.42. The molecular weight excluding hydrogens is 426 g/mol. The molecule has 0 saturated carbocycles. The number of sulfonamides is 1. The number of benzene rings is 2. The minimum Gasteiger partial charge on any atom is -0.383 e. The van der Waals surface area contributed by atoms with Gasteiger partial charge in [0, 0.05) is 39.8 Å². The van der Waals surface area contributed by atoms with Crippen molar-refractivity contribution in [2.75, 3.05) is 39.9 Å². The molecule has 176 valence electrons. The zero-order valence-corrected chi connectivity index (χ0v) is 20.1. The molecule has 8 heteroatoms. The number of hydrogen-bond donors (Lipinski definition) is 1. The maximum atomic E-state index is 12.7. The van der Waals surface area contributed by atoms with Crippen molar-refractivity contribution < 1.29 is 17.9 Å². The zero-order valence-electron chi connectivity index (χ0n) is 19.3. The largest absolute Gasteiger partial charge is 0.383 e. The standard InChI is InChI=1S/C24H35N3O4S/c1-4-27(5-2)32(29,30)23-15-13-22(14-16-23)20-25-24(28)26(18-19-31-3)17-9-12-21-10-7-6-8-11-21/h6-8,10-11,13-16H,4-5,9,12,17-20H2,1-3H3,(H,25,28). The second-order valence-corrected chi connectivity index (χ2v) is 9.40. The van der Waals surface area contributed by atoms with E-state index in [1.807, 2.05) is 32.0 Å². The second-order valence-electron chi connectivity index (χ2n) is 7.46. The van der Waals surface area contributed by atoms with Crippen molar-refractivity contribution in [3.05, 3.63) is 65.7 Å². The lowest BCUT2D eigenvalue weighted by Crippen LogP contribution is -2.42. The van der Waals surface area contributed by atoms with Crippen molar-refractivity contribution in [3.8, 4) is 0 Å². The highest BCUT2D eigenvalue weighted by molar-refractivity contribution is 7.89. The summed E-state index contributed by atoms with van der Waals surface area (Å²) in [6.07, 6.45) is 1.76. The van der Waals surface area contributed by atoms with Gasteiger partial charge in [0.15, 0.2) is 0 Å². The molecule has 0 aliphatic carbocycles. The average molecular weight is 462 g/mol. The summed E-state index contributed by atoms with van der Waals surface area (Å²) in [5.41, 5.74) is 2.09. The van der Waals surface area contributed by atoms with E-state index in [2.05, 4.69) is 17.4 Å². The lowest BCUT2D eigenvalue weighted by Gasteiger charge is -2.23. The molecule has 32 heavy (non-hydrogen) atoms. The Morgan fingerprint density at radius 3 is 2.19 bits per heavy atom. The number of urea groups is 1. The fourth-order valence-corrected chi connectivity index (χ4v) is 4.87. The highest BCUT2D eigenvalue weighted by atomic mass is 32.2. The van der Waals surface area contributed by atoms with E-state index >= 15 is 0 Å². The quantitative estimate of drug-likeness (QED) is 0.495. The molecule has 0 unspecified atom stereocenters. The van der Waals surface area contributed by atoms with E-state index in [0.717, 1.165) is 18.4 Å². The molecule has 0 atom stereocenters. The third kappa shape index (κ3) is 7.62. The number of ether oxygens (including phenoxy) is 1. The number of carbonyl (C=O) groups excluding carboxylic acids is 1. The van der Waals surface area contributed by atoms with Gasteiger partial charge in [-0.2, -0.15) is 4.31 Å². The topological polar surface area (TPSA) is 79.0 Å². The Balaban J connectivity index is 1.92. The molecule has 0 aliphatic heterocycles. The van der Waals surface area contributed by atoms with Crippen LogP contribution in [0.25, 0.3) is 0 Å². The van der Waals surface area contributed by atoms with Crippen LogP contribution in [0.5, 0.6) is 0 Å². The first-order valence-corrected chi connectivity index (χ1v) is 12.5.